The molecule has 1 aromatic carbocycles. The second-order valence-electron chi connectivity index (χ2n) is 4.52. The number of amidine groups is 1. The van der Waals surface area contributed by atoms with Gasteiger partial charge >= 0.3 is 0 Å². The SMILES string of the molecule is N/C(=N/O)c1cc(F)c(N2CCCC(O)C2)c(F)c1. The summed E-state index contributed by atoms with van der Waals surface area (Å²) in [4.78, 5) is 1.47. The third kappa shape index (κ3) is 2.76. The lowest BCUT2D eigenvalue weighted by atomic mass is 10.1. The number of benzene rings is 1. The van der Waals surface area contributed by atoms with Crippen molar-refractivity contribution in [3.8, 4) is 0 Å². The van der Waals surface area contributed by atoms with Gasteiger partial charge in [0, 0.05) is 18.7 Å². The number of piperidine rings is 1. The molecule has 1 saturated heterocycles. The van der Waals surface area contributed by atoms with E-state index in [1.165, 1.54) is 4.90 Å². The van der Waals surface area contributed by atoms with E-state index in [0.717, 1.165) is 12.1 Å². The average molecular weight is 271 g/mol. The van der Waals surface area contributed by atoms with Gasteiger partial charge in [0.15, 0.2) is 5.84 Å². The third-order valence-corrected chi connectivity index (χ3v) is 3.13. The number of rotatable bonds is 2. The summed E-state index contributed by atoms with van der Waals surface area (Å²) < 4.78 is 27.9. The summed E-state index contributed by atoms with van der Waals surface area (Å²) in [6, 6.07) is 2.02. The standard InChI is InChI=1S/C12H15F2N3O2/c13-9-4-7(12(15)16-19)5-10(14)11(9)17-3-1-2-8(18)6-17/h4-5,8,18-19H,1-3,6H2,(H2,15,16). The lowest BCUT2D eigenvalue weighted by Crippen LogP contribution is -2.39. The highest BCUT2D eigenvalue weighted by Crippen LogP contribution is 2.27. The quantitative estimate of drug-likeness (QED) is 0.324. The van der Waals surface area contributed by atoms with Crippen LogP contribution in [-0.2, 0) is 0 Å². The number of aliphatic hydroxyl groups is 1. The molecule has 1 unspecified atom stereocenters. The van der Waals surface area contributed by atoms with Crippen LogP contribution in [0.5, 0.6) is 0 Å². The molecule has 4 N–H and O–H groups in total. The summed E-state index contributed by atoms with van der Waals surface area (Å²) in [5.74, 6) is -1.95. The van der Waals surface area contributed by atoms with Gasteiger partial charge in [0.2, 0.25) is 0 Å². The molecule has 2 rings (SSSR count). The highest BCUT2D eigenvalue weighted by molar-refractivity contribution is 5.97. The Hall–Kier alpha value is -1.89. The molecule has 0 saturated carbocycles. The number of halogens is 2. The Bertz CT molecular complexity index is 485. The van der Waals surface area contributed by atoms with Gasteiger partial charge in [-0.2, -0.15) is 0 Å². The van der Waals surface area contributed by atoms with Crippen molar-refractivity contribution < 1.29 is 19.1 Å². The highest BCUT2D eigenvalue weighted by Gasteiger charge is 2.24. The molecule has 1 aromatic rings. The summed E-state index contributed by atoms with van der Waals surface area (Å²) >= 11 is 0. The van der Waals surface area contributed by atoms with Crippen molar-refractivity contribution in [2.75, 3.05) is 18.0 Å². The van der Waals surface area contributed by atoms with Gasteiger partial charge in [-0.3, -0.25) is 0 Å². The maximum Gasteiger partial charge on any atom is 0.170 e. The molecule has 7 heteroatoms. The van der Waals surface area contributed by atoms with Crippen LogP contribution in [0.3, 0.4) is 0 Å². The van der Waals surface area contributed by atoms with E-state index >= 15 is 0 Å². The summed E-state index contributed by atoms with van der Waals surface area (Å²) in [5, 5.41) is 20.7. The largest absolute Gasteiger partial charge is 0.409 e. The molecule has 5 nitrogen and oxygen atoms in total. The predicted molar refractivity (Wildman–Crippen MR) is 66.3 cm³/mol. The predicted octanol–water partition coefficient (Wildman–Crippen LogP) is 1.02. The van der Waals surface area contributed by atoms with Crippen molar-refractivity contribution in [1.82, 2.24) is 0 Å². The Balaban J connectivity index is 2.36. The maximum atomic E-state index is 14.0. The van der Waals surface area contributed by atoms with E-state index in [4.69, 9.17) is 10.9 Å². The fourth-order valence-electron chi connectivity index (χ4n) is 2.23. The van der Waals surface area contributed by atoms with Crippen LogP contribution >= 0.6 is 0 Å². The molecule has 1 aliphatic heterocycles. The number of nitrogens with two attached hydrogens (primary N) is 1. The molecule has 0 aromatic heterocycles. The Morgan fingerprint density at radius 2 is 2.00 bits per heavy atom. The molecule has 1 atom stereocenters. The van der Waals surface area contributed by atoms with Crippen LogP contribution in [-0.4, -0.2) is 35.3 Å². The minimum absolute atomic E-state index is 0.0289. The van der Waals surface area contributed by atoms with Gasteiger partial charge in [0.25, 0.3) is 0 Å². The smallest absolute Gasteiger partial charge is 0.170 e. The number of oxime groups is 1. The molecule has 0 spiro atoms. The zero-order chi connectivity index (χ0) is 14.0. The van der Waals surface area contributed by atoms with Crippen LogP contribution in [0.1, 0.15) is 18.4 Å². The molecular formula is C12H15F2N3O2. The summed E-state index contributed by atoms with van der Waals surface area (Å²) in [5.41, 5.74) is 5.08. The number of aliphatic hydroxyl groups excluding tert-OH is 1. The molecule has 19 heavy (non-hydrogen) atoms. The number of hydrogen-bond acceptors (Lipinski definition) is 4. The Morgan fingerprint density at radius 3 is 2.53 bits per heavy atom. The first-order valence-electron chi connectivity index (χ1n) is 5.93. The van der Waals surface area contributed by atoms with E-state index in [-0.39, 0.29) is 23.6 Å². The average Bonchev–Trinajstić information content (AvgIpc) is 2.37. The first kappa shape index (κ1) is 13.5. The Labute approximate surface area is 108 Å². The second kappa shape index (κ2) is 5.40. The summed E-state index contributed by atoms with van der Waals surface area (Å²) in [7, 11) is 0. The van der Waals surface area contributed by atoms with Gasteiger partial charge in [-0.1, -0.05) is 5.16 Å². The van der Waals surface area contributed by atoms with Gasteiger partial charge in [-0.15, -0.1) is 0 Å². The monoisotopic (exact) mass is 271 g/mol. The van der Waals surface area contributed by atoms with Crippen molar-refractivity contribution >= 4 is 11.5 Å². The fraction of sp³-hybridized carbons (Fsp3) is 0.417. The lowest BCUT2D eigenvalue weighted by molar-refractivity contribution is 0.153. The van der Waals surface area contributed by atoms with Crippen molar-refractivity contribution in [3.63, 3.8) is 0 Å². The van der Waals surface area contributed by atoms with Crippen LogP contribution in [0, 0.1) is 11.6 Å². The van der Waals surface area contributed by atoms with Gasteiger partial charge in [-0.05, 0) is 25.0 Å². The zero-order valence-electron chi connectivity index (χ0n) is 10.2. The van der Waals surface area contributed by atoms with Crippen molar-refractivity contribution in [2.45, 2.75) is 18.9 Å². The van der Waals surface area contributed by atoms with Crippen molar-refractivity contribution in [2.24, 2.45) is 10.9 Å². The van der Waals surface area contributed by atoms with Crippen LogP contribution in [0.25, 0.3) is 0 Å². The van der Waals surface area contributed by atoms with Gasteiger partial charge in [0.1, 0.15) is 17.3 Å². The molecule has 1 heterocycles. The highest BCUT2D eigenvalue weighted by atomic mass is 19.1. The Kier molecular flexibility index (Phi) is 3.84. The minimum Gasteiger partial charge on any atom is -0.409 e. The minimum atomic E-state index is -0.796. The number of nitrogens with zero attached hydrogens (tertiary/aromatic N) is 2. The van der Waals surface area contributed by atoms with Gasteiger partial charge in [-0.25, -0.2) is 8.78 Å². The third-order valence-electron chi connectivity index (χ3n) is 3.13. The van der Waals surface area contributed by atoms with Crippen LogP contribution < -0.4 is 10.6 Å². The van der Waals surface area contributed by atoms with E-state index in [0.29, 0.717) is 19.4 Å². The first-order chi connectivity index (χ1) is 9.02. The fourth-order valence-corrected chi connectivity index (χ4v) is 2.23. The molecule has 0 bridgehead atoms. The molecule has 104 valence electrons. The normalized spacial score (nSPS) is 20.7. The van der Waals surface area contributed by atoms with E-state index < -0.39 is 17.7 Å². The van der Waals surface area contributed by atoms with Crippen LogP contribution in [0.4, 0.5) is 14.5 Å². The van der Waals surface area contributed by atoms with Gasteiger partial charge < -0.3 is 20.9 Å². The first-order valence-corrected chi connectivity index (χ1v) is 5.93. The van der Waals surface area contributed by atoms with E-state index in [1.54, 1.807) is 0 Å². The lowest BCUT2D eigenvalue weighted by Gasteiger charge is -2.32. The molecule has 0 aliphatic carbocycles. The van der Waals surface area contributed by atoms with E-state index in [2.05, 4.69) is 5.16 Å². The molecular weight excluding hydrogens is 256 g/mol. The van der Waals surface area contributed by atoms with Crippen LogP contribution in [0.2, 0.25) is 0 Å². The summed E-state index contributed by atoms with van der Waals surface area (Å²) in [6.07, 6.45) is 0.709. The Morgan fingerprint density at radius 1 is 1.37 bits per heavy atom. The molecule has 1 aliphatic rings. The number of anilines is 1. The van der Waals surface area contributed by atoms with E-state index in [9.17, 15) is 13.9 Å². The van der Waals surface area contributed by atoms with Crippen molar-refractivity contribution in [3.05, 3.63) is 29.3 Å². The van der Waals surface area contributed by atoms with Crippen LogP contribution in [0.15, 0.2) is 17.3 Å². The number of hydrogen-bond donors (Lipinski definition) is 3. The summed E-state index contributed by atoms with van der Waals surface area (Å²) in [6.45, 7) is 0.671. The van der Waals surface area contributed by atoms with Crippen molar-refractivity contribution in [1.29, 1.82) is 0 Å². The van der Waals surface area contributed by atoms with Gasteiger partial charge in [0.05, 0.1) is 6.10 Å². The number of β-amino-alcohol motifs (C(OH)–C–C–N with tert-alkyl or cyclic N) is 1. The second-order valence-corrected chi connectivity index (χ2v) is 4.52. The molecule has 1 fully saturated rings. The van der Waals surface area contributed by atoms with E-state index in [1.807, 2.05) is 0 Å². The topological polar surface area (TPSA) is 82.1 Å². The zero-order valence-corrected chi connectivity index (χ0v) is 10.2. The maximum absolute atomic E-state index is 14.0. The molecule has 0 radical (unpaired) electrons. The molecule has 0 amide bonds.